The molecular weight excluding hydrogens is 302 g/mol. The standard InChI is InChI=1S/C19H27N3O2/c1-3-24-14-17-11-15(6-7-18(17)23-2)12-20-13-16-5-4-9-22-10-8-21-19(16)22/h6-8,10-11,16,20H,3-5,9,12-14H2,1-2H3/t16-/m0/s1. The highest BCUT2D eigenvalue weighted by Gasteiger charge is 2.20. The maximum absolute atomic E-state index is 5.54. The summed E-state index contributed by atoms with van der Waals surface area (Å²) in [4.78, 5) is 4.52. The lowest BCUT2D eigenvalue weighted by molar-refractivity contribution is 0.132. The molecule has 2 aromatic rings. The Morgan fingerprint density at radius 3 is 3.12 bits per heavy atom. The van der Waals surface area contributed by atoms with Gasteiger partial charge in [0.1, 0.15) is 11.6 Å². The van der Waals surface area contributed by atoms with Crippen LogP contribution in [0, 0.1) is 0 Å². The molecule has 0 aliphatic carbocycles. The highest BCUT2D eigenvalue weighted by Crippen LogP contribution is 2.25. The number of benzene rings is 1. The van der Waals surface area contributed by atoms with Crippen molar-refractivity contribution < 1.29 is 9.47 Å². The third-order valence-electron chi connectivity index (χ3n) is 4.59. The second kappa shape index (κ2) is 8.31. The van der Waals surface area contributed by atoms with Crippen molar-refractivity contribution in [2.75, 3.05) is 20.3 Å². The summed E-state index contributed by atoms with van der Waals surface area (Å²) in [5.74, 6) is 2.62. The van der Waals surface area contributed by atoms with Crippen LogP contribution in [0.15, 0.2) is 30.6 Å². The van der Waals surface area contributed by atoms with E-state index in [1.807, 2.05) is 19.2 Å². The van der Waals surface area contributed by atoms with E-state index in [4.69, 9.17) is 9.47 Å². The number of aryl methyl sites for hydroxylation is 1. The molecule has 0 saturated heterocycles. The molecule has 5 heteroatoms. The number of hydrogen-bond donors (Lipinski definition) is 1. The first-order valence-electron chi connectivity index (χ1n) is 8.77. The number of nitrogens with one attached hydrogen (secondary N) is 1. The summed E-state index contributed by atoms with van der Waals surface area (Å²) in [7, 11) is 1.70. The van der Waals surface area contributed by atoms with Crippen molar-refractivity contribution in [2.45, 2.75) is 45.4 Å². The summed E-state index contributed by atoms with van der Waals surface area (Å²) in [6.07, 6.45) is 6.45. The monoisotopic (exact) mass is 329 g/mol. The van der Waals surface area contributed by atoms with Crippen LogP contribution in [0.1, 0.15) is 42.6 Å². The summed E-state index contributed by atoms with van der Waals surface area (Å²) < 4.78 is 13.2. The third kappa shape index (κ3) is 3.97. The SMILES string of the molecule is CCOCc1cc(CNC[C@@H]2CCCn3ccnc32)ccc1OC. The molecule has 0 spiro atoms. The van der Waals surface area contributed by atoms with E-state index < -0.39 is 0 Å². The minimum absolute atomic E-state index is 0.509. The van der Waals surface area contributed by atoms with Crippen LogP contribution in [0.4, 0.5) is 0 Å². The lowest BCUT2D eigenvalue weighted by Gasteiger charge is -2.23. The minimum Gasteiger partial charge on any atom is -0.496 e. The molecule has 3 rings (SSSR count). The van der Waals surface area contributed by atoms with Gasteiger partial charge in [-0.15, -0.1) is 0 Å². The fourth-order valence-electron chi connectivity index (χ4n) is 3.36. The van der Waals surface area contributed by atoms with Crippen molar-refractivity contribution in [3.8, 4) is 5.75 Å². The normalized spacial score (nSPS) is 16.8. The Bertz CT molecular complexity index is 654. The highest BCUT2D eigenvalue weighted by atomic mass is 16.5. The molecule has 1 aromatic heterocycles. The number of hydrogen-bond acceptors (Lipinski definition) is 4. The van der Waals surface area contributed by atoms with Crippen LogP contribution in [-0.4, -0.2) is 29.8 Å². The van der Waals surface area contributed by atoms with E-state index in [2.05, 4.69) is 33.2 Å². The molecule has 1 aliphatic rings. The molecule has 1 aliphatic heterocycles. The number of aromatic nitrogens is 2. The number of rotatable bonds is 8. The van der Waals surface area contributed by atoms with Crippen molar-refractivity contribution in [3.63, 3.8) is 0 Å². The van der Waals surface area contributed by atoms with Crippen LogP contribution >= 0.6 is 0 Å². The zero-order valence-electron chi connectivity index (χ0n) is 14.6. The van der Waals surface area contributed by atoms with Gasteiger partial charge < -0.3 is 19.4 Å². The van der Waals surface area contributed by atoms with Gasteiger partial charge in [-0.1, -0.05) is 6.07 Å². The first-order chi connectivity index (χ1) is 11.8. The molecule has 0 saturated carbocycles. The van der Waals surface area contributed by atoms with Gasteiger partial charge in [-0.05, 0) is 37.5 Å². The number of imidazole rings is 1. The maximum atomic E-state index is 5.54. The van der Waals surface area contributed by atoms with Gasteiger partial charge in [0.05, 0.1) is 13.7 Å². The number of nitrogens with zero attached hydrogens (tertiary/aromatic N) is 2. The van der Waals surface area contributed by atoms with Gasteiger partial charge >= 0.3 is 0 Å². The van der Waals surface area contributed by atoms with Crippen LogP contribution in [0.5, 0.6) is 5.75 Å². The molecule has 0 amide bonds. The molecule has 1 aromatic carbocycles. The molecule has 1 N–H and O–H groups in total. The topological polar surface area (TPSA) is 48.3 Å². The molecule has 0 bridgehead atoms. The van der Waals surface area contributed by atoms with Crippen molar-refractivity contribution >= 4 is 0 Å². The summed E-state index contributed by atoms with van der Waals surface area (Å²) in [6.45, 7) is 6.22. The molecule has 0 fully saturated rings. The predicted molar refractivity (Wildman–Crippen MR) is 94.2 cm³/mol. The largest absolute Gasteiger partial charge is 0.496 e. The van der Waals surface area contributed by atoms with Crippen LogP contribution < -0.4 is 10.1 Å². The lowest BCUT2D eigenvalue weighted by atomic mass is 9.99. The Balaban J connectivity index is 1.57. The Morgan fingerprint density at radius 1 is 1.38 bits per heavy atom. The average Bonchev–Trinajstić information content (AvgIpc) is 3.09. The molecule has 2 heterocycles. The number of ether oxygens (including phenoxy) is 2. The molecule has 130 valence electrons. The van der Waals surface area contributed by atoms with E-state index in [1.54, 1.807) is 7.11 Å². The Hall–Kier alpha value is -1.85. The van der Waals surface area contributed by atoms with Crippen molar-refractivity contribution in [3.05, 3.63) is 47.5 Å². The first-order valence-corrected chi connectivity index (χ1v) is 8.77. The smallest absolute Gasteiger partial charge is 0.124 e. The third-order valence-corrected chi connectivity index (χ3v) is 4.59. The van der Waals surface area contributed by atoms with Gasteiger partial charge in [-0.3, -0.25) is 0 Å². The molecule has 0 unspecified atom stereocenters. The summed E-state index contributed by atoms with van der Waals surface area (Å²) in [5, 5.41) is 3.59. The minimum atomic E-state index is 0.509. The summed E-state index contributed by atoms with van der Waals surface area (Å²) >= 11 is 0. The quantitative estimate of drug-likeness (QED) is 0.808. The number of methoxy groups -OCH3 is 1. The van der Waals surface area contributed by atoms with Gasteiger partial charge in [-0.2, -0.15) is 0 Å². The van der Waals surface area contributed by atoms with Gasteiger partial charge in [0, 0.05) is 50.1 Å². The Labute approximate surface area is 144 Å². The van der Waals surface area contributed by atoms with E-state index in [-0.39, 0.29) is 0 Å². The van der Waals surface area contributed by atoms with Crippen molar-refractivity contribution in [1.29, 1.82) is 0 Å². The molecule has 24 heavy (non-hydrogen) atoms. The fraction of sp³-hybridized carbons (Fsp3) is 0.526. The maximum Gasteiger partial charge on any atom is 0.124 e. The van der Waals surface area contributed by atoms with Gasteiger partial charge in [0.2, 0.25) is 0 Å². The van der Waals surface area contributed by atoms with E-state index in [0.717, 1.165) is 30.9 Å². The van der Waals surface area contributed by atoms with Gasteiger partial charge in [0.25, 0.3) is 0 Å². The van der Waals surface area contributed by atoms with Gasteiger partial charge in [-0.25, -0.2) is 4.98 Å². The second-order valence-corrected chi connectivity index (χ2v) is 6.23. The second-order valence-electron chi connectivity index (χ2n) is 6.23. The zero-order chi connectivity index (χ0) is 16.8. The Morgan fingerprint density at radius 2 is 2.29 bits per heavy atom. The predicted octanol–water partition coefficient (Wildman–Crippen LogP) is 3.10. The summed E-state index contributed by atoms with van der Waals surface area (Å²) in [6, 6.07) is 6.31. The van der Waals surface area contributed by atoms with E-state index in [9.17, 15) is 0 Å². The van der Waals surface area contributed by atoms with Crippen LogP contribution in [0.2, 0.25) is 0 Å². The van der Waals surface area contributed by atoms with E-state index >= 15 is 0 Å². The molecule has 1 atom stereocenters. The first kappa shape index (κ1) is 17.0. The van der Waals surface area contributed by atoms with Crippen molar-refractivity contribution in [2.24, 2.45) is 0 Å². The van der Waals surface area contributed by atoms with E-state index in [0.29, 0.717) is 19.1 Å². The highest BCUT2D eigenvalue weighted by molar-refractivity contribution is 5.36. The average molecular weight is 329 g/mol. The molecule has 0 radical (unpaired) electrons. The zero-order valence-corrected chi connectivity index (χ0v) is 14.6. The summed E-state index contributed by atoms with van der Waals surface area (Å²) in [5.41, 5.74) is 2.36. The Kier molecular flexibility index (Phi) is 5.88. The number of fused-ring (bicyclic) bond motifs is 1. The fourth-order valence-corrected chi connectivity index (χ4v) is 3.36. The van der Waals surface area contributed by atoms with Gasteiger partial charge in [0.15, 0.2) is 0 Å². The van der Waals surface area contributed by atoms with Crippen LogP contribution in [-0.2, 0) is 24.4 Å². The molecular formula is C19H27N3O2. The lowest BCUT2D eigenvalue weighted by Crippen LogP contribution is -2.26. The molecule has 5 nitrogen and oxygen atoms in total. The van der Waals surface area contributed by atoms with Crippen molar-refractivity contribution in [1.82, 2.24) is 14.9 Å². The van der Waals surface area contributed by atoms with Crippen LogP contribution in [0.3, 0.4) is 0 Å². The van der Waals surface area contributed by atoms with E-state index in [1.165, 1.54) is 24.2 Å². The van der Waals surface area contributed by atoms with Crippen LogP contribution in [0.25, 0.3) is 0 Å².